The lowest BCUT2D eigenvalue weighted by molar-refractivity contribution is -0.154. The fraction of sp³-hybridized carbons (Fsp3) is 0.884. The molecule has 0 saturated heterocycles. The van der Waals surface area contributed by atoms with Crippen molar-refractivity contribution in [3.05, 3.63) is 24.3 Å². The molecule has 0 aromatic rings. The molecule has 0 fully saturated rings. The van der Waals surface area contributed by atoms with Crippen LogP contribution < -0.4 is 0 Å². The van der Waals surface area contributed by atoms with E-state index < -0.39 is 6.10 Å². The van der Waals surface area contributed by atoms with Crippen molar-refractivity contribution in [2.24, 2.45) is 0 Å². The normalized spacial score (nSPS) is 12.5. The maximum atomic E-state index is 12.2. The molecule has 0 radical (unpaired) electrons. The quantitative estimate of drug-likeness (QED) is 0.0404. The summed E-state index contributed by atoms with van der Waals surface area (Å²) >= 11 is 0. The molecule has 1 atom stereocenters. The second-order valence-electron chi connectivity index (χ2n) is 14.1. The monoisotopic (exact) mass is 663 g/mol. The van der Waals surface area contributed by atoms with Gasteiger partial charge in [0.05, 0.1) is 13.2 Å². The number of rotatable bonds is 39. The van der Waals surface area contributed by atoms with E-state index in [1.54, 1.807) is 0 Å². The van der Waals surface area contributed by atoms with E-state index in [0.717, 1.165) is 19.3 Å². The highest BCUT2D eigenvalue weighted by molar-refractivity contribution is 5.69. The molecule has 0 saturated carbocycles. The number of aliphatic hydroxyl groups is 1. The molecule has 0 bridgehead atoms. The van der Waals surface area contributed by atoms with Gasteiger partial charge >= 0.3 is 5.97 Å². The first-order chi connectivity index (χ1) is 23.2. The maximum Gasteiger partial charge on any atom is 0.306 e. The molecule has 0 rings (SSSR count). The molecule has 1 N–H and O–H groups in total. The predicted octanol–water partition coefficient (Wildman–Crippen LogP) is 13.5. The van der Waals surface area contributed by atoms with Crippen LogP contribution in [0.25, 0.3) is 0 Å². The van der Waals surface area contributed by atoms with Crippen molar-refractivity contribution in [3.8, 4) is 0 Å². The van der Waals surface area contributed by atoms with Gasteiger partial charge in [0, 0.05) is 13.0 Å². The Balaban J connectivity index is 3.39. The Kier molecular flexibility index (Phi) is 40.1. The highest BCUT2D eigenvalue weighted by Crippen LogP contribution is 2.14. The number of ether oxygens (including phenoxy) is 2. The third-order valence-electron chi connectivity index (χ3n) is 9.25. The molecular formula is C43H82O4. The SMILES string of the molecule is CCCC/C=C\CCCCCCCCOCC(CO)OC(=O)CCCCCCCCCCCCC/C=C\CCCCCCCCCC. The number of allylic oxidation sites excluding steroid dienone is 4. The number of hydrogen-bond acceptors (Lipinski definition) is 4. The van der Waals surface area contributed by atoms with Crippen LogP contribution in [0.3, 0.4) is 0 Å². The Morgan fingerprint density at radius 3 is 1.28 bits per heavy atom. The largest absolute Gasteiger partial charge is 0.457 e. The Morgan fingerprint density at radius 1 is 0.489 bits per heavy atom. The standard InChI is InChI=1S/C43H82O4/c1-3-5-7-9-11-13-15-17-18-19-20-21-22-23-24-25-26-27-28-30-32-34-36-38-43(45)47-42(40-44)41-46-39-37-35-33-31-29-16-14-12-10-8-6-4-2/h10,12,19-20,42,44H,3-9,11,13-18,21-41H2,1-2H3/b12-10-,20-19-. The summed E-state index contributed by atoms with van der Waals surface area (Å²) in [5, 5.41) is 9.57. The van der Waals surface area contributed by atoms with Crippen molar-refractivity contribution >= 4 is 5.97 Å². The highest BCUT2D eigenvalue weighted by Gasteiger charge is 2.13. The molecule has 4 heteroatoms. The molecule has 0 aliphatic rings. The van der Waals surface area contributed by atoms with Crippen LogP contribution in [-0.4, -0.2) is 37.0 Å². The van der Waals surface area contributed by atoms with Crippen LogP contribution in [0.2, 0.25) is 0 Å². The van der Waals surface area contributed by atoms with Crippen LogP contribution in [0.15, 0.2) is 24.3 Å². The molecule has 1 unspecified atom stereocenters. The van der Waals surface area contributed by atoms with Gasteiger partial charge in [0.15, 0.2) is 0 Å². The van der Waals surface area contributed by atoms with E-state index in [1.165, 1.54) is 180 Å². The third kappa shape index (κ3) is 39.2. The zero-order valence-corrected chi connectivity index (χ0v) is 31.8. The van der Waals surface area contributed by atoms with Crippen LogP contribution >= 0.6 is 0 Å². The number of esters is 1. The van der Waals surface area contributed by atoms with Crippen molar-refractivity contribution in [3.63, 3.8) is 0 Å². The fourth-order valence-corrected chi connectivity index (χ4v) is 6.07. The minimum atomic E-state index is -0.533. The molecule has 0 aliphatic heterocycles. The molecule has 0 spiro atoms. The average Bonchev–Trinajstić information content (AvgIpc) is 3.08. The molecule has 0 aromatic heterocycles. The lowest BCUT2D eigenvalue weighted by atomic mass is 10.0. The van der Waals surface area contributed by atoms with Gasteiger partial charge in [0.25, 0.3) is 0 Å². The van der Waals surface area contributed by atoms with Crippen molar-refractivity contribution < 1.29 is 19.4 Å². The Hall–Kier alpha value is -1.13. The first-order valence-electron chi connectivity index (χ1n) is 20.9. The first-order valence-corrected chi connectivity index (χ1v) is 20.9. The first kappa shape index (κ1) is 45.9. The molecule has 0 amide bonds. The number of carbonyl (C=O) groups excluding carboxylic acids is 1. The van der Waals surface area contributed by atoms with Gasteiger partial charge in [0.2, 0.25) is 0 Å². The molecule has 47 heavy (non-hydrogen) atoms. The van der Waals surface area contributed by atoms with Gasteiger partial charge in [-0.25, -0.2) is 0 Å². The summed E-state index contributed by atoms with van der Waals surface area (Å²) in [6.45, 7) is 5.32. The summed E-state index contributed by atoms with van der Waals surface area (Å²) in [6.07, 6.45) is 49.5. The van der Waals surface area contributed by atoms with E-state index in [0.29, 0.717) is 19.6 Å². The van der Waals surface area contributed by atoms with Crippen molar-refractivity contribution in [2.45, 2.75) is 225 Å². The van der Waals surface area contributed by atoms with E-state index in [-0.39, 0.29) is 12.6 Å². The van der Waals surface area contributed by atoms with Gasteiger partial charge in [0.1, 0.15) is 6.10 Å². The summed E-state index contributed by atoms with van der Waals surface area (Å²) < 4.78 is 11.1. The van der Waals surface area contributed by atoms with Gasteiger partial charge in [-0.15, -0.1) is 0 Å². The summed E-state index contributed by atoms with van der Waals surface area (Å²) in [6, 6.07) is 0. The Labute approximate surface area is 294 Å². The highest BCUT2D eigenvalue weighted by atomic mass is 16.6. The molecule has 0 heterocycles. The van der Waals surface area contributed by atoms with E-state index >= 15 is 0 Å². The van der Waals surface area contributed by atoms with Crippen LogP contribution in [-0.2, 0) is 14.3 Å². The lowest BCUT2D eigenvalue weighted by Gasteiger charge is -2.15. The second-order valence-corrected chi connectivity index (χ2v) is 14.1. The van der Waals surface area contributed by atoms with Crippen molar-refractivity contribution in [2.75, 3.05) is 19.8 Å². The van der Waals surface area contributed by atoms with Crippen LogP contribution in [0.5, 0.6) is 0 Å². The second kappa shape index (κ2) is 41.0. The molecule has 0 aromatic carbocycles. The smallest absolute Gasteiger partial charge is 0.306 e. The minimum absolute atomic E-state index is 0.172. The van der Waals surface area contributed by atoms with E-state index in [2.05, 4.69) is 38.2 Å². The summed E-state index contributed by atoms with van der Waals surface area (Å²) in [7, 11) is 0. The third-order valence-corrected chi connectivity index (χ3v) is 9.25. The Morgan fingerprint density at radius 2 is 0.851 bits per heavy atom. The zero-order chi connectivity index (χ0) is 34.1. The Bertz CT molecular complexity index is 658. The number of aliphatic hydroxyl groups excluding tert-OH is 1. The van der Waals surface area contributed by atoms with Gasteiger partial charge < -0.3 is 14.6 Å². The lowest BCUT2D eigenvalue weighted by Crippen LogP contribution is -2.27. The van der Waals surface area contributed by atoms with Gasteiger partial charge in [-0.05, 0) is 57.8 Å². The molecule has 278 valence electrons. The van der Waals surface area contributed by atoms with Crippen molar-refractivity contribution in [1.82, 2.24) is 0 Å². The predicted molar refractivity (Wildman–Crippen MR) is 205 cm³/mol. The average molecular weight is 663 g/mol. The number of hydrogen-bond donors (Lipinski definition) is 1. The van der Waals surface area contributed by atoms with Crippen molar-refractivity contribution in [1.29, 1.82) is 0 Å². The topological polar surface area (TPSA) is 55.8 Å². The van der Waals surface area contributed by atoms with Crippen LogP contribution in [0.4, 0.5) is 0 Å². The number of carbonyl (C=O) groups is 1. The maximum absolute atomic E-state index is 12.2. The van der Waals surface area contributed by atoms with E-state index in [1.807, 2.05) is 0 Å². The summed E-state index contributed by atoms with van der Waals surface area (Å²) in [5.41, 5.74) is 0. The van der Waals surface area contributed by atoms with Crippen LogP contribution in [0, 0.1) is 0 Å². The fourth-order valence-electron chi connectivity index (χ4n) is 6.07. The summed E-state index contributed by atoms with van der Waals surface area (Å²) in [4.78, 5) is 12.2. The van der Waals surface area contributed by atoms with Crippen LogP contribution in [0.1, 0.15) is 219 Å². The minimum Gasteiger partial charge on any atom is -0.457 e. The van der Waals surface area contributed by atoms with Gasteiger partial charge in [-0.1, -0.05) is 179 Å². The van der Waals surface area contributed by atoms with E-state index in [9.17, 15) is 9.90 Å². The molecule has 4 nitrogen and oxygen atoms in total. The molecular weight excluding hydrogens is 580 g/mol. The molecule has 0 aliphatic carbocycles. The van der Waals surface area contributed by atoms with Gasteiger partial charge in [-0.2, -0.15) is 0 Å². The van der Waals surface area contributed by atoms with E-state index in [4.69, 9.17) is 9.47 Å². The van der Waals surface area contributed by atoms with Gasteiger partial charge in [-0.3, -0.25) is 4.79 Å². The summed E-state index contributed by atoms with van der Waals surface area (Å²) in [5.74, 6) is -0.202. The number of unbranched alkanes of at least 4 members (excludes halogenated alkanes) is 27. The zero-order valence-electron chi connectivity index (χ0n) is 31.8.